The number of likely N-dealkylation sites (N-methyl/N-ethyl adjacent to an activating group) is 1. The summed E-state index contributed by atoms with van der Waals surface area (Å²) in [6, 6.07) is 10.9. The minimum Gasteiger partial charge on any atom is -0.368 e. The Labute approximate surface area is 186 Å². The molecule has 7 nitrogen and oxygen atoms in total. The van der Waals surface area contributed by atoms with Crippen molar-refractivity contribution in [3.8, 4) is 0 Å². The summed E-state index contributed by atoms with van der Waals surface area (Å²) in [4.78, 5) is 28.3. The first-order chi connectivity index (χ1) is 15.4. The molecule has 0 fully saturated rings. The SMILES string of the molecule is CSc1ncc2c(n1)N(C)C(O)C(N(OC(=O)c1ccccc1)c1ccc(F)cc1F)=C2. The molecule has 164 valence electrons. The first-order valence-electron chi connectivity index (χ1n) is 9.45. The number of carbonyl (C=O) groups is 1. The smallest absolute Gasteiger partial charge is 0.363 e. The molecular formula is C22H18F2N4O3S. The van der Waals surface area contributed by atoms with Crippen LogP contribution in [0.25, 0.3) is 6.08 Å². The van der Waals surface area contributed by atoms with Crippen molar-refractivity contribution in [1.29, 1.82) is 0 Å². The number of fused-ring (bicyclic) bond motifs is 1. The van der Waals surface area contributed by atoms with Gasteiger partial charge in [-0.25, -0.2) is 23.5 Å². The maximum absolute atomic E-state index is 14.7. The molecule has 0 amide bonds. The van der Waals surface area contributed by atoms with E-state index in [-0.39, 0.29) is 16.9 Å². The normalized spacial score (nSPS) is 15.1. The molecule has 0 saturated heterocycles. The second kappa shape index (κ2) is 8.93. The lowest BCUT2D eigenvalue weighted by molar-refractivity contribution is 0.0451. The number of thioether (sulfide) groups is 1. The standard InChI is InChI=1S/C22H18F2N4O3S/c1-27-19-14(12-25-22(26-19)32-2)10-18(20(27)29)28(17-9-8-15(23)11-16(17)24)31-21(30)13-6-4-3-5-7-13/h3-12,20,29H,1-2H3. The van der Waals surface area contributed by atoms with Crippen LogP contribution in [0.1, 0.15) is 15.9 Å². The van der Waals surface area contributed by atoms with E-state index in [4.69, 9.17) is 4.84 Å². The van der Waals surface area contributed by atoms with Gasteiger partial charge in [0.25, 0.3) is 0 Å². The molecule has 1 aliphatic rings. The van der Waals surface area contributed by atoms with Gasteiger partial charge in [-0.05, 0) is 36.6 Å². The number of rotatable bonds is 5. The fraction of sp³-hybridized carbons (Fsp3) is 0.136. The van der Waals surface area contributed by atoms with Crippen LogP contribution < -0.4 is 9.96 Å². The molecule has 2 aromatic carbocycles. The Bertz CT molecular complexity index is 1190. The molecule has 1 aliphatic heterocycles. The van der Waals surface area contributed by atoms with Crippen molar-refractivity contribution in [2.75, 3.05) is 23.3 Å². The summed E-state index contributed by atoms with van der Waals surface area (Å²) in [7, 11) is 1.59. The molecule has 0 spiro atoms. The first kappa shape index (κ1) is 21.7. The zero-order valence-electron chi connectivity index (χ0n) is 17.1. The van der Waals surface area contributed by atoms with Gasteiger partial charge < -0.3 is 14.8 Å². The molecule has 10 heteroatoms. The van der Waals surface area contributed by atoms with Gasteiger partial charge in [0.05, 0.1) is 5.56 Å². The summed E-state index contributed by atoms with van der Waals surface area (Å²) in [6.45, 7) is 0. The predicted octanol–water partition coefficient (Wildman–Crippen LogP) is 3.86. The second-order valence-corrected chi connectivity index (χ2v) is 7.60. The van der Waals surface area contributed by atoms with E-state index in [1.165, 1.54) is 34.9 Å². The predicted molar refractivity (Wildman–Crippen MR) is 117 cm³/mol. The van der Waals surface area contributed by atoms with E-state index in [9.17, 15) is 18.7 Å². The van der Waals surface area contributed by atoms with Crippen LogP contribution in [0.15, 0.2) is 65.6 Å². The highest BCUT2D eigenvalue weighted by atomic mass is 32.2. The average molecular weight is 456 g/mol. The number of hydroxylamine groups is 1. The summed E-state index contributed by atoms with van der Waals surface area (Å²) < 4.78 is 28.2. The van der Waals surface area contributed by atoms with Gasteiger partial charge in [-0.2, -0.15) is 5.06 Å². The lowest BCUT2D eigenvalue weighted by Crippen LogP contribution is -2.44. The highest BCUT2D eigenvalue weighted by Gasteiger charge is 2.33. The van der Waals surface area contributed by atoms with E-state index in [2.05, 4.69) is 9.97 Å². The number of nitrogens with zero attached hydrogens (tertiary/aromatic N) is 4. The minimum atomic E-state index is -1.35. The Morgan fingerprint density at radius 2 is 1.97 bits per heavy atom. The second-order valence-electron chi connectivity index (χ2n) is 6.82. The van der Waals surface area contributed by atoms with E-state index in [0.29, 0.717) is 22.6 Å². The number of halogens is 2. The number of hydrogen-bond acceptors (Lipinski definition) is 8. The zero-order chi connectivity index (χ0) is 22.8. The molecule has 0 bridgehead atoms. The molecule has 1 atom stereocenters. The van der Waals surface area contributed by atoms with Gasteiger partial charge in [0.2, 0.25) is 0 Å². The third-order valence-corrected chi connectivity index (χ3v) is 5.33. The monoisotopic (exact) mass is 456 g/mol. The van der Waals surface area contributed by atoms with Gasteiger partial charge in [-0.1, -0.05) is 30.0 Å². The third kappa shape index (κ3) is 4.14. The molecular weight excluding hydrogens is 438 g/mol. The molecule has 3 aromatic rings. The topological polar surface area (TPSA) is 78.8 Å². The van der Waals surface area contributed by atoms with Crippen LogP contribution in [-0.4, -0.2) is 40.6 Å². The fourth-order valence-electron chi connectivity index (χ4n) is 3.16. The van der Waals surface area contributed by atoms with Crippen LogP contribution in [0.3, 0.4) is 0 Å². The molecule has 0 saturated carbocycles. The van der Waals surface area contributed by atoms with E-state index in [0.717, 1.165) is 17.2 Å². The van der Waals surface area contributed by atoms with Gasteiger partial charge in [-0.3, -0.25) is 0 Å². The maximum atomic E-state index is 14.7. The quantitative estimate of drug-likeness (QED) is 0.352. The highest BCUT2D eigenvalue weighted by Crippen LogP contribution is 2.35. The van der Waals surface area contributed by atoms with Crippen LogP contribution in [0, 0.1) is 11.6 Å². The molecule has 32 heavy (non-hydrogen) atoms. The lowest BCUT2D eigenvalue weighted by atomic mass is 10.1. The minimum absolute atomic E-state index is 0.0234. The number of benzene rings is 2. The van der Waals surface area contributed by atoms with Crippen molar-refractivity contribution in [3.05, 3.63) is 83.2 Å². The Hall–Kier alpha value is -3.50. The molecule has 0 aliphatic carbocycles. The summed E-state index contributed by atoms with van der Waals surface area (Å²) in [5.41, 5.74) is 0.510. The third-order valence-electron chi connectivity index (χ3n) is 4.77. The van der Waals surface area contributed by atoms with Gasteiger partial charge in [-0.15, -0.1) is 0 Å². The van der Waals surface area contributed by atoms with Gasteiger partial charge >= 0.3 is 5.97 Å². The van der Waals surface area contributed by atoms with Crippen molar-refractivity contribution in [2.45, 2.75) is 11.4 Å². The highest BCUT2D eigenvalue weighted by molar-refractivity contribution is 7.98. The lowest BCUT2D eigenvalue weighted by Gasteiger charge is -2.36. The van der Waals surface area contributed by atoms with Crippen molar-refractivity contribution in [3.63, 3.8) is 0 Å². The van der Waals surface area contributed by atoms with Crippen molar-refractivity contribution >= 4 is 35.3 Å². The van der Waals surface area contributed by atoms with Gasteiger partial charge in [0.1, 0.15) is 23.0 Å². The molecule has 1 N–H and O–H groups in total. The van der Waals surface area contributed by atoms with Crippen LogP contribution in [0.4, 0.5) is 20.3 Å². The Morgan fingerprint density at radius 1 is 1.22 bits per heavy atom. The average Bonchev–Trinajstić information content (AvgIpc) is 2.80. The number of aliphatic hydroxyl groups is 1. The van der Waals surface area contributed by atoms with Crippen LogP contribution in [-0.2, 0) is 4.84 Å². The van der Waals surface area contributed by atoms with Crippen LogP contribution in [0.5, 0.6) is 0 Å². The van der Waals surface area contributed by atoms with Crippen molar-refractivity contribution in [2.24, 2.45) is 0 Å². The molecule has 1 unspecified atom stereocenters. The summed E-state index contributed by atoms with van der Waals surface area (Å²) in [6.07, 6.45) is 3.52. The number of aromatic nitrogens is 2. The summed E-state index contributed by atoms with van der Waals surface area (Å²) >= 11 is 1.34. The first-order valence-corrected chi connectivity index (χ1v) is 10.7. The number of anilines is 2. The molecule has 0 radical (unpaired) electrons. The van der Waals surface area contributed by atoms with Crippen LogP contribution in [0.2, 0.25) is 0 Å². The maximum Gasteiger partial charge on any atom is 0.363 e. The number of carbonyl (C=O) groups excluding carboxylic acids is 1. The van der Waals surface area contributed by atoms with E-state index < -0.39 is 23.8 Å². The number of aliphatic hydroxyl groups excluding tert-OH is 1. The summed E-state index contributed by atoms with van der Waals surface area (Å²) in [5, 5.41) is 12.3. The summed E-state index contributed by atoms with van der Waals surface area (Å²) in [5.74, 6) is -2.10. The van der Waals surface area contributed by atoms with E-state index >= 15 is 0 Å². The van der Waals surface area contributed by atoms with Gasteiger partial charge in [0.15, 0.2) is 17.2 Å². The zero-order valence-corrected chi connectivity index (χ0v) is 17.9. The Kier molecular flexibility index (Phi) is 6.06. The van der Waals surface area contributed by atoms with Crippen LogP contribution >= 0.6 is 11.8 Å². The Morgan fingerprint density at radius 3 is 2.66 bits per heavy atom. The largest absolute Gasteiger partial charge is 0.368 e. The Balaban J connectivity index is 1.81. The number of hydrogen-bond donors (Lipinski definition) is 1. The molecule has 4 rings (SSSR count). The van der Waals surface area contributed by atoms with Gasteiger partial charge in [0, 0.05) is 24.9 Å². The van der Waals surface area contributed by atoms with E-state index in [1.807, 2.05) is 6.26 Å². The molecule has 2 heterocycles. The van der Waals surface area contributed by atoms with Crippen molar-refractivity contribution in [1.82, 2.24) is 9.97 Å². The molecule has 1 aromatic heterocycles. The van der Waals surface area contributed by atoms with Crippen molar-refractivity contribution < 1.29 is 23.5 Å². The van der Waals surface area contributed by atoms with E-state index in [1.54, 1.807) is 31.4 Å². The fourth-order valence-corrected chi connectivity index (χ4v) is 3.49.